The van der Waals surface area contributed by atoms with Gasteiger partial charge in [-0.2, -0.15) is 0 Å². The van der Waals surface area contributed by atoms with Crippen LogP contribution >= 0.6 is 11.3 Å². The van der Waals surface area contributed by atoms with Gasteiger partial charge >= 0.3 is 5.63 Å². The molecule has 0 atom stereocenters. The Kier molecular flexibility index (Phi) is 5.08. The molecule has 0 saturated heterocycles. The maximum Gasteiger partial charge on any atom is 0.339 e. The number of hydrogen-bond acceptors (Lipinski definition) is 6. The number of thiazole rings is 1. The zero-order valence-electron chi connectivity index (χ0n) is 15.1. The molecule has 0 bridgehead atoms. The summed E-state index contributed by atoms with van der Waals surface area (Å²) in [4.78, 5) is 29.9. The van der Waals surface area contributed by atoms with Crippen LogP contribution in [-0.2, 0) is 11.2 Å². The number of benzene rings is 1. The molecule has 6 nitrogen and oxygen atoms in total. The van der Waals surface area contributed by atoms with Crippen molar-refractivity contribution in [2.75, 3.05) is 12.4 Å². The summed E-state index contributed by atoms with van der Waals surface area (Å²) in [5.74, 6) is 0.452. The smallest absolute Gasteiger partial charge is 0.339 e. The molecule has 0 aliphatic rings. The van der Waals surface area contributed by atoms with E-state index in [1.807, 2.05) is 32.9 Å². The van der Waals surface area contributed by atoms with Gasteiger partial charge in [0.2, 0.25) is 5.91 Å². The fraction of sp³-hybridized carbons (Fsp3) is 0.316. The lowest BCUT2D eigenvalue weighted by Gasteiger charge is -2.08. The van der Waals surface area contributed by atoms with Crippen LogP contribution in [0.15, 0.2) is 27.4 Å². The van der Waals surface area contributed by atoms with Gasteiger partial charge in [0.25, 0.3) is 0 Å². The van der Waals surface area contributed by atoms with Gasteiger partial charge in [0, 0.05) is 28.3 Å². The van der Waals surface area contributed by atoms with Crippen LogP contribution in [-0.4, -0.2) is 18.0 Å². The number of methoxy groups -OCH3 is 1. The quantitative estimate of drug-likeness (QED) is 0.690. The van der Waals surface area contributed by atoms with Crippen LogP contribution in [0, 0.1) is 20.8 Å². The number of aromatic nitrogens is 1. The first kappa shape index (κ1) is 18.1. The van der Waals surface area contributed by atoms with Gasteiger partial charge in [0.1, 0.15) is 11.3 Å². The molecule has 1 aromatic carbocycles. The molecule has 2 heterocycles. The third-order valence-electron chi connectivity index (χ3n) is 4.37. The van der Waals surface area contributed by atoms with E-state index in [0.717, 1.165) is 21.5 Å². The SMILES string of the molecule is COc1ccc2c(C)c(CCC(=O)Nc3nc(C)c(C)s3)c(=O)oc2c1. The van der Waals surface area contributed by atoms with Gasteiger partial charge in [0.15, 0.2) is 5.13 Å². The minimum atomic E-state index is -0.419. The van der Waals surface area contributed by atoms with Crippen molar-refractivity contribution in [1.82, 2.24) is 4.98 Å². The van der Waals surface area contributed by atoms with E-state index in [4.69, 9.17) is 9.15 Å². The lowest BCUT2D eigenvalue weighted by atomic mass is 10.0. The van der Waals surface area contributed by atoms with Crippen molar-refractivity contribution in [3.8, 4) is 5.75 Å². The van der Waals surface area contributed by atoms with Crippen molar-refractivity contribution in [1.29, 1.82) is 0 Å². The molecule has 0 spiro atoms. The van der Waals surface area contributed by atoms with Gasteiger partial charge in [-0.1, -0.05) is 0 Å². The van der Waals surface area contributed by atoms with E-state index in [1.54, 1.807) is 13.2 Å². The van der Waals surface area contributed by atoms with Gasteiger partial charge in [-0.05, 0) is 44.9 Å². The molecule has 0 aliphatic heterocycles. The molecule has 26 heavy (non-hydrogen) atoms. The highest BCUT2D eigenvalue weighted by Crippen LogP contribution is 2.25. The summed E-state index contributed by atoms with van der Waals surface area (Å²) in [7, 11) is 1.56. The average Bonchev–Trinajstić information content (AvgIpc) is 2.91. The highest BCUT2D eigenvalue weighted by Gasteiger charge is 2.14. The Morgan fingerprint density at radius 3 is 2.73 bits per heavy atom. The molecule has 0 fully saturated rings. The Hall–Kier alpha value is -2.67. The summed E-state index contributed by atoms with van der Waals surface area (Å²) >= 11 is 1.44. The van der Waals surface area contributed by atoms with Crippen molar-refractivity contribution in [3.63, 3.8) is 0 Å². The Morgan fingerprint density at radius 1 is 1.31 bits per heavy atom. The van der Waals surface area contributed by atoms with E-state index in [2.05, 4.69) is 10.3 Å². The van der Waals surface area contributed by atoms with Crippen molar-refractivity contribution >= 4 is 33.3 Å². The molecule has 7 heteroatoms. The number of nitrogens with zero attached hydrogens (tertiary/aromatic N) is 1. The van der Waals surface area contributed by atoms with E-state index < -0.39 is 5.63 Å². The molecule has 0 unspecified atom stereocenters. The monoisotopic (exact) mass is 372 g/mol. The third-order valence-corrected chi connectivity index (χ3v) is 5.36. The number of nitrogens with one attached hydrogen (secondary N) is 1. The Bertz CT molecular complexity index is 1020. The van der Waals surface area contributed by atoms with E-state index in [0.29, 0.717) is 28.4 Å². The van der Waals surface area contributed by atoms with Crippen molar-refractivity contribution in [2.24, 2.45) is 0 Å². The number of fused-ring (bicyclic) bond motifs is 1. The first-order chi connectivity index (χ1) is 12.4. The lowest BCUT2D eigenvalue weighted by molar-refractivity contribution is -0.116. The second-order valence-electron chi connectivity index (χ2n) is 6.06. The number of anilines is 1. The zero-order valence-corrected chi connectivity index (χ0v) is 16.0. The van der Waals surface area contributed by atoms with Gasteiger partial charge in [-0.25, -0.2) is 9.78 Å². The van der Waals surface area contributed by atoms with Gasteiger partial charge in [-0.15, -0.1) is 11.3 Å². The first-order valence-corrected chi connectivity index (χ1v) is 9.05. The topological polar surface area (TPSA) is 81.4 Å². The minimum Gasteiger partial charge on any atom is -0.497 e. The number of carbonyl (C=O) groups excluding carboxylic acids is 1. The Labute approximate surface area is 154 Å². The summed E-state index contributed by atoms with van der Waals surface area (Å²) in [5.41, 5.74) is 2.31. The van der Waals surface area contributed by atoms with Gasteiger partial charge < -0.3 is 14.5 Å². The third kappa shape index (κ3) is 3.62. The summed E-state index contributed by atoms with van der Waals surface area (Å²) in [5, 5.41) is 4.21. The molecule has 3 rings (SSSR count). The number of carbonyl (C=O) groups is 1. The van der Waals surface area contributed by atoms with E-state index in [-0.39, 0.29) is 12.3 Å². The maximum atomic E-state index is 12.3. The summed E-state index contributed by atoms with van der Waals surface area (Å²) < 4.78 is 10.6. The number of ether oxygens (including phenoxy) is 1. The van der Waals surface area contributed by atoms with E-state index in [1.165, 1.54) is 11.3 Å². The molecule has 0 aliphatic carbocycles. The number of hydrogen-bond donors (Lipinski definition) is 1. The van der Waals surface area contributed by atoms with Crippen molar-refractivity contribution in [3.05, 3.63) is 50.3 Å². The molecule has 1 N–H and O–H groups in total. The molecule has 136 valence electrons. The van der Waals surface area contributed by atoms with Crippen LogP contribution in [0.1, 0.15) is 28.1 Å². The van der Waals surface area contributed by atoms with Gasteiger partial charge in [-0.3, -0.25) is 4.79 Å². The molecular weight excluding hydrogens is 352 g/mol. The van der Waals surface area contributed by atoms with Crippen LogP contribution in [0.2, 0.25) is 0 Å². The van der Waals surface area contributed by atoms with Crippen LogP contribution < -0.4 is 15.7 Å². The second kappa shape index (κ2) is 7.29. The fourth-order valence-corrected chi connectivity index (χ4v) is 3.57. The van der Waals surface area contributed by atoms with Crippen LogP contribution in [0.25, 0.3) is 11.0 Å². The molecule has 3 aromatic rings. The molecule has 2 aromatic heterocycles. The minimum absolute atomic E-state index is 0.174. The Balaban J connectivity index is 1.78. The molecular formula is C19H20N2O4S. The molecule has 1 amide bonds. The Morgan fingerprint density at radius 2 is 2.08 bits per heavy atom. The predicted octanol–water partition coefficient (Wildman–Crippen LogP) is 3.75. The standard InChI is InChI=1S/C19H20N2O4S/c1-10-14-6-5-13(24-4)9-16(14)25-18(23)15(10)7-8-17(22)21-19-20-11(2)12(3)26-19/h5-6,9H,7-8H2,1-4H3,(H,20,21,22). The number of rotatable bonds is 5. The number of aryl methyl sites for hydroxylation is 3. The predicted molar refractivity (Wildman–Crippen MR) is 102 cm³/mol. The fourth-order valence-electron chi connectivity index (χ4n) is 2.74. The largest absolute Gasteiger partial charge is 0.497 e. The summed E-state index contributed by atoms with van der Waals surface area (Å²) in [6.45, 7) is 5.73. The van der Waals surface area contributed by atoms with Gasteiger partial charge in [0.05, 0.1) is 12.8 Å². The van der Waals surface area contributed by atoms with E-state index >= 15 is 0 Å². The molecule has 0 saturated carbocycles. The highest BCUT2D eigenvalue weighted by molar-refractivity contribution is 7.15. The lowest BCUT2D eigenvalue weighted by Crippen LogP contribution is -2.16. The van der Waals surface area contributed by atoms with Crippen molar-refractivity contribution < 1.29 is 13.9 Å². The maximum absolute atomic E-state index is 12.3. The average molecular weight is 372 g/mol. The first-order valence-electron chi connectivity index (χ1n) is 8.23. The summed E-state index contributed by atoms with van der Waals surface area (Å²) in [6.07, 6.45) is 0.496. The normalized spacial score (nSPS) is 10.9. The van der Waals surface area contributed by atoms with Crippen LogP contribution in [0.4, 0.5) is 5.13 Å². The molecule has 0 radical (unpaired) electrons. The van der Waals surface area contributed by atoms with E-state index in [9.17, 15) is 9.59 Å². The second-order valence-corrected chi connectivity index (χ2v) is 7.27. The summed E-state index contributed by atoms with van der Waals surface area (Å²) in [6, 6.07) is 5.36. The number of amides is 1. The van der Waals surface area contributed by atoms with Crippen LogP contribution in [0.5, 0.6) is 5.75 Å². The highest BCUT2D eigenvalue weighted by atomic mass is 32.1. The van der Waals surface area contributed by atoms with Crippen molar-refractivity contribution in [2.45, 2.75) is 33.6 Å². The van der Waals surface area contributed by atoms with Crippen LogP contribution in [0.3, 0.4) is 0 Å². The zero-order chi connectivity index (χ0) is 18.8.